The molecular weight excluding hydrogens is 322 g/mol. The van der Waals surface area contributed by atoms with Crippen LogP contribution in [0.1, 0.15) is 20.3 Å². The molecular formula is C19H25NO5. The fourth-order valence-corrected chi connectivity index (χ4v) is 3.29. The molecule has 136 valence electrons. The van der Waals surface area contributed by atoms with Crippen molar-refractivity contribution in [1.29, 1.82) is 0 Å². The molecule has 0 bridgehead atoms. The first-order chi connectivity index (χ1) is 11.9. The number of amides is 1. The number of aliphatic hydroxyl groups excluding tert-OH is 1. The number of carbonyl (C=O) groups excluding carboxylic acids is 1. The second kappa shape index (κ2) is 7.15. The van der Waals surface area contributed by atoms with Crippen molar-refractivity contribution in [3.63, 3.8) is 0 Å². The van der Waals surface area contributed by atoms with Gasteiger partial charge < -0.3 is 24.2 Å². The number of β-amino-alcohol motifs (C(OH)–C–C–N with tert-alkyl or cyclic N) is 1. The molecule has 0 radical (unpaired) electrons. The fraction of sp³-hybridized carbons (Fsp3) is 0.526. The summed E-state index contributed by atoms with van der Waals surface area (Å²) in [5.41, 5.74) is 0. The Morgan fingerprint density at radius 1 is 1.44 bits per heavy atom. The number of aliphatic hydroxyl groups is 1. The van der Waals surface area contributed by atoms with Gasteiger partial charge in [0.15, 0.2) is 11.9 Å². The molecule has 1 aromatic rings. The predicted molar refractivity (Wildman–Crippen MR) is 92.1 cm³/mol. The molecule has 2 aliphatic rings. The second-order valence-corrected chi connectivity index (χ2v) is 6.88. The Bertz CT molecular complexity index is 618. The van der Waals surface area contributed by atoms with Gasteiger partial charge in [0.25, 0.3) is 5.91 Å². The summed E-state index contributed by atoms with van der Waals surface area (Å²) in [6, 6.07) is 8.94. The van der Waals surface area contributed by atoms with Crippen molar-refractivity contribution in [3.8, 4) is 5.75 Å². The summed E-state index contributed by atoms with van der Waals surface area (Å²) in [7, 11) is 0. The van der Waals surface area contributed by atoms with Gasteiger partial charge in [-0.1, -0.05) is 24.3 Å². The van der Waals surface area contributed by atoms with E-state index in [9.17, 15) is 9.90 Å². The van der Waals surface area contributed by atoms with Gasteiger partial charge in [0.05, 0.1) is 12.7 Å². The number of likely N-dealkylation sites (tertiary alicyclic amines) is 1. The van der Waals surface area contributed by atoms with Crippen molar-refractivity contribution in [1.82, 2.24) is 4.90 Å². The highest BCUT2D eigenvalue weighted by atomic mass is 16.7. The number of hydrogen-bond acceptors (Lipinski definition) is 5. The minimum absolute atomic E-state index is 0.148. The molecule has 2 fully saturated rings. The van der Waals surface area contributed by atoms with Crippen LogP contribution in [-0.2, 0) is 14.3 Å². The third-order valence-corrected chi connectivity index (χ3v) is 4.46. The minimum atomic E-state index is -0.688. The first-order valence-electron chi connectivity index (χ1n) is 8.54. The number of β-lactam (4-membered cyclic amide) rings is 1. The topological polar surface area (TPSA) is 68.2 Å². The van der Waals surface area contributed by atoms with E-state index in [0.717, 1.165) is 0 Å². The Hall–Kier alpha value is -1.89. The van der Waals surface area contributed by atoms with Crippen LogP contribution in [-0.4, -0.2) is 59.2 Å². The van der Waals surface area contributed by atoms with Crippen molar-refractivity contribution < 1.29 is 24.1 Å². The lowest BCUT2D eigenvalue weighted by atomic mass is 9.91. The van der Waals surface area contributed by atoms with Crippen LogP contribution in [0.15, 0.2) is 43.0 Å². The van der Waals surface area contributed by atoms with Crippen LogP contribution in [0.2, 0.25) is 0 Å². The number of carbonyl (C=O) groups is 1. The Kier molecular flexibility index (Phi) is 5.13. The minimum Gasteiger partial charge on any atom is -0.478 e. The summed E-state index contributed by atoms with van der Waals surface area (Å²) in [6.45, 7) is 7.92. The molecule has 6 nitrogen and oxygen atoms in total. The lowest BCUT2D eigenvalue weighted by Crippen LogP contribution is -2.72. The van der Waals surface area contributed by atoms with E-state index in [1.54, 1.807) is 11.0 Å². The lowest BCUT2D eigenvalue weighted by Gasteiger charge is -2.49. The summed E-state index contributed by atoms with van der Waals surface area (Å²) in [6.07, 6.45) is 0.476. The Labute approximate surface area is 148 Å². The summed E-state index contributed by atoms with van der Waals surface area (Å²) >= 11 is 0. The number of nitrogens with zero attached hydrogens (tertiary/aromatic N) is 1. The molecule has 1 amide bonds. The molecule has 2 heterocycles. The molecule has 1 N–H and O–H groups in total. The van der Waals surface area contributed by atoms with Gasteiger partial charge in [0.1, 0.15) is 17.9 Å². The summed E-state index contributed by atoms with van der Waals surface area (Å²) in [4.78, 5) is 14.2. The zero-order valence-electron chi connectivity index (χ0n) is 14.6. The fourth-order valence-electron chi connectivity index (χ4n) is 3.29. The Balaban J connectivity index is 1.75. The molecule has 1 aromatic carbocycles. The number of hydrogen-bond donors (Lipinski definition) is 1. The van der Waals surface area contributed by atoms with Crippen LogP contribution in [0.5, 0.6) is 5.75 Å². The number of rotatable bonds is 7. The van der Waals surface area contributed by atoms with Crippen LogP contribution in [0.4, 0.5) is 0 Å². The maximum absolute atomic E-state index is 12.6. The van der Waals surface area contributed by atoms with E-state index in [1.165, 1.54) is 0 Å². The van der Waals surface area contributed by atoms with Crippen molar-refractivity contribution in [3.05, 3.63) is 43.0 Å². The molecule has 25 heavy (non-hydrogen) atoms. The van der Waals surface area contributed by atoms with Crippen molar-refractivity contribution >= 4 is 5.91 Å². The third-order valence-electron chi connectivity index (χ3n) is 4.46. The van der Waals surface area contributed by atoms with E-state index in [0.29, 0.717) is 18.8 Å². The first kappa shape index (κ1) is 17.9. The van der Waals surface area contributed by atoms with Crippen molar-refractivity contribution in [2.75, 3.05) is 13.2 Å². The summed E-state index contributed by atoms with van der Waals surface area (Å²) < 4.78 is 17.5. The quantitative estimate of drug-likeness (QED) is 0.601. The third kappa shape index (κ3) is 3.86. The van der Waals surface area contributed by atoms with Gasteiger partial charge in [-0.05, 0) is 32.4 Å². The highest BCUT2D eigenvalue weighted by Gasteiger charge is 2.56. The SMILES string of the molecule is C=CC[C@@H](O)CN1C(=O)[C@H](Oc2ccccc2)[C@@H]1[C@H]1COC(C)(C)O1. The molecule has 0 saturated carbocycles. The maximum Gasteiger partial charge on any atom is 0.266 e. The molecule has 6 heteroatoms. The van der Waals surface area contributed by atoms with Gasteiger partial charge in [-0.25, -0.2) is 0 Å². The lowest BCUT2D eigenvalue weighted by molar-refractivity contribution is -0.188. The number of para-hydroxylation sites is 1. The van der Waals surface area contributed by atoms with Gasteiger partial charge in [-0.2, -0.15) is 0 Å². The summed E-state index contributed by atoms with van der Waals surface area (Å²) in [5.74, 6) is -0.202. The monoisotopic (exact) mass is 347 g/mol. The largest absolute Gasteiger partial charge is 0.478 e. The average molecular weight is 347 g/mol. The molecule has 0 aromatic heterocycles. The molecule has 3 rings (SSSR count). The summed E-state index contributed by atoms with van der Waals surface area (Å²) in [5, 5.41) is 10.1. The Morgan fingerprint density at radius 3 is 2.76 bits per heavy atom. The van der Waals surface area contributed by atoms with E-state index >= 15 is 0 Å². The molecule has 2 aliphatic heterocycles. The first-order valence-corrected chi connectivity index (χ1v) is 8.54. The molecule has 2 saturated heterocycles. The van der Waals surface area contributed by atoms with Gasteiger partial charge >= 0.3 is 0 Å². The van der Waals surface area contributed by atoms with Crippen LogP contribution in [0.25, 0.3) is 0 Å². The second-order valence-electron chi connectivity index (χ2n) is 6.88. The van der Waals surface area contributed by atoms with E-state index in [4.69, 9.17) is 14.2 Å². The molecule has 0 spiro atoms. The van der Waals surface area contributed by atoms with Crippen LogP contribution >= 0.6 is 0 Å². The van der Waals surface area contributed by atoms with E-state index in [2.05, 4.69) is 6.58 Å². The van der Waals surface area contributed by atoms with Gasteiger partial charge in [0, 0.05) is 6.54 Å². The highest BCUT2D eigenvalue weighted by Crippen LogP contribution is 2.35. The highest BCUT2D eigenvalue weighted by molar-refractivity contribution is 5.89. The zero-order chi connectivity index (χ0) is 18.0. The Morgan fingerprint density at radius 2 is 2.16 bits per heavy atom. The van der Waals surface area contributed by atoms with Gasteiger partial charge in [-0.15, -0.1) is 6.58 Å². The van der Waals surface area contributed by atoms with Crippen molar-refractivity contribution in [2.45, 2.75) is 50.4 Å². The van der Waals surface area contributed by atoms with Crippen LogP contribution in [0, 0.1) is 0 Å². The van der Waals surface area contributed by atoms with E-state index in [-0.39, 0.29) is 24.6 Å². The van der Waals surface area contributed by atoms with E-state index < -0.39 is 18.0 Å². The number of ether oxygens (including phenoxy) is 3. The molecule has 4 atom stereocenters. The molecule has 0 unspecified atom stereocenters. The number of benzene rings is 1. The van der Waals surface area contributed by atoms with Gasteiger partial charge in [-0.3, -0.25) is 4.79 Å². The smallest absolute Gasteiger partial charge is 0.266 e. The predicted octanol–water partition coefficient (Wildman–Crippen LogP) is 1.73. The average Bonchev–Trinajstić information content (AvgIpc) is 2.93. The van der Waals surface area contributed by atoms with Crippen LogP contribution < -0.4 is 4.74 Å². The van der Waals surface area contributed by atoms with E-state index in [1.807, 2.05) is 44.2 Å². The zero-order valence-corrected chi connectivity index (χ0v) is 14.6. The normalized spacial score (nSPS) is 29.2. The van der Waals surface area contributed by atoms with Crippen molar-refractivity contribution in [2.24, 2.45) is 0 Å². The van der Waals surface area contributed by atoms with Crippen LogP contribution in [0.3, 0.4) is 0 Å². The molecule has 0 aliphatic carbocycles. The maximum atomic E-state index is 12.6. The van der Waals surface area contributed by atoms with Gasteiger partial charge in [0.2, 0.25) is 0 Å². The standard InChI is InChI=1S/C19H25NO5/c1-4-8-13(21)11-20-16(15-12-23-19(2,3)25-15)17(18(20)22)24-14-9-6-5-7-10-14/h4-7,9-10,13,15-17,21H,1,8,11-12H2,2-3H3/t13-,15-,16+,17-/m1/s1.